The number of phenols is 2. The Morgan fingerprint density at radius 2 is 0.844 bits per heavy atom. The van der Waals surface area contributed by atoms with Gasteiger partial charge in [-0.15, -0.1) is 0 Å². The first kappa shape index (κ1) is 22.2. The SMILES string of the molecule is C/C(=N/NC(=O)c1ccc(C(=O)N/N=C(/C)c2ccc(O)cc2)cc1)c1ccc(O)cc1. The molecule has 0 aliphatic rings. The minimum Gasteiger partial charge on any atom is -0.508 e. The lowest BCUT2D eigenvalue weighted by molar-refractivity contribution is 0.0943. The van der Waals surface area contributed by atoms with Gasteiger partial charge in [-0.25, -0.2) is 10.9 Å². The van der Waals surface area contributed by atoms with Crippen molar-refractivity contribution in [2.45, 2.75) is 13.8 Å². The Morgan fingerprint density at radius 3 is 1.16 bits per heavy atom. The molecule has 0 aliphatic carbocycles. The zero-order valence-electron chi connectivity index (χ0n) is 17.5. The van der Waals surface area contributed by atoms with Crippen molar-refractivity contribution in [2.75, 3.05) is 0 Å². The minimum absolute atomic E-state index is 0.149. The molecule has 0 aliphatic heterocycles. The molecule has 3 aromatic rings. The molecule has 162 valence electrons. The largest absolute Gasteiger partial charge is 0.508 e. The van der Waals surface area contributed by atoms with Crippen LogP contribution in [0.3, 0.4) is 0 Å². The Balaban J connectivity index is 1.59. The lowest BCUT2D eigenvalue weighted by atomic mass is 10.1. The molecule has 0 saturated carbocycles. The molecular weight excluding hydrogens is 408 g/mol. The normalized spacial score (nSPS) is 11.7. The summed E-state index contributed by atoms with van der Waals surface area (Å²) >= 11 is 0. The highest BCUT2D eigenvalue weighted by molar-refractivity contribution is 6.02. The number of carbonyl (C=O) groups excluding carboxylic acids is 2. The monoisotopic (exact) mass is 430 g/mol. The molecule has 32 heavy (non-hydrogen) atoms. The average molecular weight is 430 g/mol. The summed E-state index contributed by atoms with van der Waals surface area (Å²) in [5.41, 5.74) is 8.30. The highest BCUT2D eigenvalue weighted by Gasteiger charge is 2.09. The molecule has 0 spiro atoms. The van der Waals surface area contributed by atoms with E-state index in [4.69, 9.17) is 0 Å². The third kappa shape index (κ3) is 5.79. The van der Waals surface area contributed by atoms with Gasteiger partial charge in [0.25, 0.3) is 11.8 Å². The predicted molar refractivity (Wildman–Crippen MR) is 122 cm³/mol. The summed E-state index contributed by atoms with van der Waals surface area (Å²) in [5, 5.41) is 26.8. The zero-order chi connectivity index (χ0) is 23.1. The quantitative estimate of drug-likeness (QED) is 0.353. The fraction of sp³-hybridized carbons (Fsp3) is 0.0833. The summed E-state index contributed by atoms with van der Waals surface area (Å²) in [5.74, 6) is -0.542. The van der Waals surface area contributed by atoms with E-state index >= 15 is 0 Å². The van der Waals surface area contributed by atoms with E-state index in [0.717, 1.165) is 11.1 Å². The lowest BCUT2D eigenvalue weighted by Gasteiger charge is -2.05. The van der Waals surface area contributed by atoms with Crippen LogP contribution in [0, 0.1) is 0 Å². The summed E-state index contributed by atoms with van der Waals surface area (Å²) in [4.78, 5) is 24.6. The van der Waals surface area contributed by atoms with Crippen LogP contribution in [0.15, 0.2) is 83.0 Å². The van der Waals surface area contributed by atoms with Gasteiger partial charge >= 0.3 is 0 Å². The number of hydrogen-bond acceptors (Lipinski definition) is 6. The van der Waals surface area contributed by atoms with E-state index in [1.807, 2.05) is 0 Å². The number of nitrogens with one attached hydrogen (secondary N) is 2. The number of hydrazone groups is 2. The standard InChI is InChI=1S/C24H22N4O4/c1-15(17-7-11-21(29)12-8-17)25-27-23(31)19-3-5-20(6-4-19)24(32)28-26-16(2)18-9-13-22(30)14-10-18/h3-14,29-30H,1-2H3,(H,27,31)(H,28,32)/b25-15-,26-16-. The van der Waals surface area contributed by atoms with Gasteiger partial charge in [-0.05, 0) is 97.8 Å². The fourth-order valence-electron chi connectivity index (χ4n) is 2.71. The molecule has 0 unspecified atom stereocenters. The highest BCUT2D eigenvalue weighted by atomic mass is 16.3. The van der Waals surface area contributed by atoms with Gasteiger partial charge < -0.3 is 10.2 Å². The molecule has 4 N–H and O–H groups in total. The van der Waals surface area contributed by atoms with E-state index < -0.39 is 11.8 Å². The second kappa shape index (κ2) is 10.0. The zero-order valence-corrected chi connectivity index (χ0v) is 17.5. The maximum atomic E-state index is 12.3. The van der Waals surface area contributed by atoms with Crippen molar-refractivity contribution in [3.05, 3.63) is 95.1 Å². The molecule has 0 saturated heterocycles. The third-order valence-electron chi connectivity index (χ3n) is 4.63. The van der Waals surface area contributed by atoms with Crippen LogP contribution in [-0.4, -0.2) is 33.5 Å². The van der Waals surface area contributed by atoms with E-state index in [0.29, 0.717) is 22.6 Å². The van der Waals surface area contributed by atoms with E-state index in [2.05, 4.69) is 21.1 Å². The molecule has 0 heterocycles. The number of nitrogens with zero attached hydrogens (tertiary/aromatic N) is 2. The second-order valence-corrected chi connectivity index (χ2v) is 6.95. The van der Waals surface area contributed by atoms with Crippen LogP contribution in [0.2, 0.25) is 0 Å². The van der Waals surface area contributed by atoms with Gasteiger partial charge in [-0.2, -0.15) is 10.2 Å². The number of aromatic hydroxyl groups is 2. The summed E-state index contributed by atoms with van der Waals surface area (Å²) in [6.45, 7) is 3.47. The minimum atomic E-state index is -0.420. The van der Waals surface area contributed by atoms with Crippen LogP contribution in [-0.2, 0) is 0 Å². The number of benzene rings is 3. The summed E-state index contributed by atoms with van der Waals surface area (Å²) in [6, 6.07) is 19.0. The topological polar surface area (TPSA) is 123 Å². The molecule has 0 aromatic heterocycles. The Hall–Kier alpha value is -4.46. The van der Waals surface area contributed by atoms with E-state index in [-0.39, 0.29) is 11.5 Å². The highest BCUT2D eigenvalue weighted by Crippen LogP contribution is 2.11. The van der Waals surface area contributed by atoms with Crippen molar-refractivity contribution in [1.82, 2.24) is 10.9 Å². The summed E-state index contributed by atoms with van der Waals surface area (Å²) < 4.78 is 0. The Morgan fingerprint density at radius 1 is 0.562 bits per heavy atom. The second-order valence-electron chi connectivity index (χ2n) is 6.95. The van der Waals surface area contributed by atoms with Crippen LogP contribution in [0.1, 0.15) is 45.7 Å². The summed E-state index contributed by atoms with van der Waals surface area (Å²) in [7, 11) is 0. The maximum absolute atomic E-state index is 12.3. The first-order chi connectivity index (χ1) is 15.3. The van der Waals surface area contributed by atoms with Crippen LogP contribution < -0.4 is 10.9 Å². The Bertz CT molecular complexity index is 1070. The van der Waals surface area contributed by atoms with Gasteiger partial charge in [0.2, 0.25) is 0 Å². The van der Waals surface area contributed by atoms with Gasteiger partial charge in [-0.3, -0.25) is 9.59 Å². The van der Waals surface area contributed by atoms with Gasteiger partial charge in [0.05, 0.1) is 11.4 Å². The Kier molecular flexibility index (Phi) is 6.97. The van der Waals surface area contributed by atoms with Crippen LogP contribution in [0.4, 0.5) is 0 Å². The molecular formula is C24H22N4O4. The smallest absolute Gasteiger partial charge is 0.271 e. The van der Waals surface area contributed by atoms with E-state index in [1.54, 1.807) is 38.1 Å². The van der Waals surface area contributed by atoms with Crippen LogP contribution >= 0.6 is 0 Å². The molecule has 0 bridgehead atoms. The molecule has 8 nitrogen and oxygen atoms in total. The molecule has 2 amide bonds. The van der Waals surface area contributed by atoms with Gasteiger partial charge in [0.15, 0.2) is 0 Å². The molecule has 3 rings (SSSR count). The van der Waals surface area contributed by atoms with Crippen LogP contribution in [0.25, 0.3) is 0 Å². The van der Waals surface area contributed by atoms with Crippen molar-refractivity contribution in [1.29, 1.82) is 0 Å². The van der Waals surface area contributed by atoms with E-state index in [1.165, 1.54) is 48.5 Å². The third-order valence-corrected chi connectivity index (χ3v) is 4.63. The number of carbonyl (C=O) groups is 2. The first-order valence-corrected chi connectivity index (χ1v) is 9.71. The maximum Gasteiger partial charge on any atom is 0.271 e. The van der Waals surface area contributed by atoms with Gasteiger partial charge in [0, 0.05) is 11.1 Å². The number of rotatable bonds is 6. The van der Waals surface area contributed by atoms with Crippen LogP contribution in [0.5, 0.6) is 11.5 Å². The van der Waals surface area contributed by atoms with Crippen molar-refractivity contribution in [2.24, 2.45) is 10.2 Å². The van der Waals surface area contributed by atoms with Crippen molar-refractivity contribution in [3.8, 4) is 11.5 Å². The average Bonchev–Trinajstić information content (AvgIpc) is 2.81. The van der Waals surface area contributed by atoms with Gasteiger partial charge in [0.1, 0.15) is 11.5 Å². The van der Waals surface area contributed by atoms with Gasteiger partial charge in [-0.1, -0.05) is 0 Å². The number of amides is 2. The van der Waals surface area contributed by atoms with Crippen molar-refractivity contribution < 1.29 is 19.8 Å². The molecule has 8 heteroatoms. The molecule has 0 atom stereocenters. The number of hydrogen-bond donors (Lipinski definition) is 4. The van der Waals surface area contributed by atoms with E-state index in [9.17, 15) is 19.8 Å². The molecule has 0 radical (unpaired) electrons. The predicted octanol–water partition coefficient (Wildman–Crippen LogP) is 3.41. The number of phenolic OH excluding ortho intramolecular Hbond substituents is 2. The Labute approximate surface area is 184 Å². The molecule has 0 fully saturated rings. The first-order valence-electron chi connectivity index (χ1n) is 9.71. The fourth-order valence-corrected chi connectivity index (χ4v) is 2.71. The van der Waals surface area contributed by atoms with Crippen molar-refractivity contribution in [3.63, 3.8) is 0 Å². The molecule has 3 aromatic carbocycles. The van der Waals surface area contributed by atoms with Crippen molar-refractivity contribution >= 4 is 23.2 Å². The summed E-state index contributed by atoms with van der Waals surface area (Å²) in [6.07, 6.45) is 0. The lowest BCUT2D eigenvalue weighted by Crippen LogP contribution is -2.21.